The van der Waals surface area contributed by atoms with Crippen molar-refractivity contribution in [2.75, 3.05) is 6.61 Å². The van der Waals surface area contributed by atoms with Crippen molar-refractivity contribution in [1.82, 2.24) is 0 Å². The molecule has 1 fully saturated rings. The van der Waals surface area contributed by atoms with Gasteiger partial charge in [-0.15, -0.1) is 0 Å². The minimum atomic E-state index is 0.641. The zero-order valence-corrected chi connectivity index (χ0v) is 12.2. The molecule has 2 aromatic carbocycles. The molecule has 0 unspecified atom stereocenters. The highest BCUT2D eigenvalue weighted by molar-refractivity contribution is 9.10. The van der Waals surface area contributed by atoms with E-state index in [2.05, 4.69) is 34.1 Å². The van der Waals surface area contributed by atoms with E-state index in [4.69, 9.17) is 4.74 Å². The van der Waals surface area contributed by atoms with Crippen molar-refractivity contribution >= 4 is 21.5 Å². The van der Waals surface area contributed by atoms with Crippen LogP contribution in [0, 0.1) is 0 Å². The second-order valence-corrected chi connectivity index (χ2v) is 5.52. The molecule has 2 aromatic rings. The van der Waals surface area contributed by atoms with E-state index >= 15 is 0 Å². The maximum atomic E-state index is 5.90. The lowest BCUT2D eigenvalue weighted by Gasteiger charge is -2.12. The van der Waals surface area contributed by atoms with Crippen LogP contribution in [0.2, 0.25) is 0 Å². The second kappa shape index (κ2) is 5.62. The van der Waals surface area contributed by atoms with Crippen LogP contribution in [-0.4, -0.2) is 6.61 Å². The van der Waals surface area contributed by atoms with E-state index < -0.39 is 0 Å². The van der Waals surface area contributed by atoms with Crippen LogP contribution >= 0.6 is 15.9 Å². The summed E-state index contributed by atoms with van der Waals surface area (Å²) < 4.78 is 7.04. The summed E-state index contributed by atoms with van der Waals surface area (Å²) in [5, 5.41) is 0. The highest BCUT2D eigenvalue weighted by atomic mass is 79.9. The highest BCUT2D eigenvalue weighted by Crippen LogP contribution is 2.38. The molecule has 1 saturated carbocycles. The van der Waals surface area contributed by atoms with Gasteiger partial charge in [0.1, 0.15) is 12.4 Å². The van der Waals surface area contributed by atoms with E-state index in [0.717, 1.165) is 10.2 Å². The van der Waals surface area contributed by atoms with Gasteiger partial charge in [-0.3, -0.25) is 0 Å². The fraction of sp³-hybridized carbons (Fsp3) is 0.176. The van der Waals surface area contributed by atoms with Crippen molar-refractivity contribution in [3.8, 4) is 5.75 Å². The monoisotopic (exact) mass is 314 g/mol. The third-order valence-corrected chi connectivity index (χ3v) is 3.94. The lowest BCUT2D eigenvalue weighted by molar-refractivity contribution is 0.369. The van der Waals surface area contributed by atoms with E-state index in [0.29, 0.717) is 6.61 Å². The van der Waals surface area contributed by atoms with Gasteiger partial charge in [0.2, 0.25) is 0 Å². The van der Waals surface area contributed by atoms with Gasteiger partial charge >= 0.3 is 0 Å². The number of benzene rings is 2. The molecule has 0 N–H and O–H groups in total. The van der Waals surface area contributed by atoms with E-state index in [1.165, 1.54) is 29.6 Å². The van der Waals surface area contributed by atoms with Gasteiger partial charge in [0.15, 0.2) is 0 Å². The van der Waals surface area contributed by atoms with Crippen molar-refractivity contribution in [3.05, 3.63) is 70.2 Å². The van der Waals surface area contributed by atoms with Crippen LogP contribution in [0.3, 0.4) is 0 Å². The Bertz CT molecular complexity index is 596. The molecule has 19 heavy (non-hydrogen) atoms. The maximum absolute atomic E-state index is 5.90. The van der Waals surface area contributed by atoms with Gasteiger partial charge in [-0.05, 0) is 42.2 Å². The van der Waals surface area contributed by atoms with Crippen molar-refractivity contribution in [2.24, 2.45) is 0 Å². The number of ether oxygens (including phenoxy) is 1. The zero-order valence-electron chi connectivity index (χ0n) is 10.6. The molecule has 0 spiro atoms. The molecule has 96 valence electrons. The summed E-state index contributed by atoms with van der Waals surface area (Å²) in [5.41, 5.74) is 4.10. The number of hydrogen-bond donors (Lipinski definition) is 0. The Labute approximate surface area is 122 Å². The van der Waals surface area contributed by atoms with Gasteiger partial charge in [0.25, 0.3) is 0 Å². The van der Waals surface area contributed by atoms with Gasteiger partial charge in [0.05, 0.1) is 0 Å². The summed E-state index contributed by atoms with van der Waals surface area (Å²) in [6.45, 7) is 0.641. The van der Waals surface area contributed by atoms with Gasteiger partial charge in [-0.1, -0.05) is 57.9 Å². The van der Waals surface area contributed by atoms with Crippen LogP contribution < -0.4 is 4.74 Å². The Morgan fingerprint density at radius 2 is 1.63 bits per heavy atom. The summed E-state index contributed by atoms with van der Waals surface area (Å²) in [6, 6.07) is 18.3. The van der Waals surface area contributed by atoms with E-state index in [-0.39, 0.29) is 0 Å². The minimum absolute atomic E-state index is 0.641. The lowest BCUT2D eigenvalue weighted by atomic mass is 10.1. The molecular weight excluding hydrogens is 300 g/mol. The summed E-state index contributed by atoms with van der Waals surface area (Å²) in [6.07, 6.45) is 2.41. The Morgan fingerprint density at radius 3 is 2.32 bits per heavy atom. The molecule has 0 bridgehead atoms. The highest BCUT2D eigenvalue weighted by Gasteiger charge is 2.20. The van der Waals surface area contributed by atoms with E-state index in [1.807, 2.05) is 36.4 Å². The van der Waals surface area contributed by atoms with Crippen molar-refractivity contribution < 1.29 is 4.74 Å². The first-order valence-electron chi connectivity index (χ1n) is 6.48. The average Bonchev–Trinajstić information content (AvgIpc) is 3.27. The largest absolute Gasteiger partial charge is 0.489 e. The topological polar surface area (TPSA) is 9.23 Å². The maximum Gasteiger partial charge on any atom is 0.119 e. The molecular formula is C17H15BrO. The van der Waals surface area contributed by atoms with Crippen LogP contribution in [0.1, 0.15) is 18.4 Å². The van der Waals surface area contributed by atoms with Crippen LogP contribution in [0.5, 0.6) is 5.75 Å². The normalized spacial score (nSPS) is 13.2. The van der Waals surface area contributed by atoms with Crippen LogP contribution in [0.25, 0.3) is 5.57 Å². The number of allylic oxidation sites excluding steroid dienone is 1. The minimum Gasteiger partial charge on any atom is -0.489 e. The molecule has 3 rings (SSSR count). The standard InChI is InChI=1S/C17H15BrO/c18-17-9-5-4-8-15(17)16(13-10-11-13)12-19-14-6-2-1-3-7-14/h1-9H,10-12H2. The Hall–Kier alpha value is -1.54. The molecule has 0 saturated heterocycles. The molecule has 0 aromatic heterocycles. The van der Waals surface area contributed by atoms with Crippen molar-refractivity contribution in [3.63, 3.8) is 0 Å². The molecule has 0 heterocycles. The Balaban J connectivity index is 1.81. The third-order valence-electron chi connectivity index (χ3n) is 3.25. The van der Waals surface area contributed by atoms with Crippen LogP contribution in [0.4, 0.5) is 0 Å². The molecule has 1 aliphatic carbocycles. The van der Waals surface area contributed by atoms with E-state index in [9.17, 15) is 0 Å². The molecule has 0 radical (unpaired) electrons. The summed E-state index contributed by atoms with van der Waals surface area (Å²) in [4.78, 5) is 0. The number of hydrogen-bond acceptors (Lipinski definition) is 1. The molecule has 1 aliphatic rings. The van der Waals surface area contributed by atoms with Crippen LogP contribution in [-0.2, 0) is 0 Å². The second-order valence-electron chi connectivity index (χ2n) is 4.66. The smallest absolute Gasteiger partial charge is 0.119 e. The molecule has 0 atom stereocenters. The molecule has 0 amide bonds. The molecule has 0 aliphatic heterocycles. The zero-order chi connectivity index (χ0) is 13.1. The Morgan fingerprint density at radius 1 is 0.947 bits per heavy atom. The molecule has 1 nitrogen and oxygen atoms in total. The van der Waals surface area contributed by atoms with Crippen molar-refractivity contribution in [1.29, 1.82) is 0 Å². The summed E-state index contributed by atoms with van der Waals surface area (Å²) in [5.74, 6) is 0.924. The number of rotatable bonds is 4. The van der Waals surface area contributed by atoms with Gasteiger partial charge in [-0.25, -0.2) is 0 Å². The Kier molecular flexibility index (Phi) is 3.69. The average molecular weight is 315 g/mol. The predicted octanol–water partition coefficient (Wildman–Crippen LogP) is 5.08. The number of halogens is 1. The van der Waals surface area contributed by atoms with Gasteiger partial charge < -0.3 is 4.74 Å². The van der Waals surface area contributed by atoms with Gasteiger partial charge in [-0.2, -0.15) is 0 Å². The fourth-order valence-electron chi connectivity index (χ4n) is 2.11. The third kappa shape index (κ3) is 3.07. The van der Waals surface area contributed by atoms with Crippen molar-refractivity contribution in [2.45, 2.75) is 12.8 Å². The van der Waals surface area contributed by atoms with Gasteiger partial charge in [0, 0.05) is 4.47 Å². The summed E-state index contributed by atoms with van der Waals surface area (Å²) in [7, 11) is 0. The first-order valence-corrected chi connectivity index (χ1v) is 7.27. The molecule has 2 heteroatoms. The fourth-order valence-corrected chi connectivity index (χ4v) is 2.64. The summed E-state index contributed by atoms with van der Waals surface area (Å²) >= 11 is 3.63. The SMILES string of the molecule is Brc1ccccc1C(COc1ccccc1)=C1CC1. The van der Waals surface area contributed by atoms with Crippen LogP contribution in [0.15, 0.2) is 64.6 Å². The lowest BCUT2D eigenvalue weighted by Crippen LogP contribution is -2.01. The number of para-hydroxylation sites is 1. The predicted molar refractivity (Wildman–Crippen MR) is 82.2 cm³/mol. The first-order chi connectivity index (χ1) is 9.34. The van der Waals surface area contributed by atoms with E-state index in [1.54, 1.807) is 0 Å². The first kappa shape index (κ1) is 12.5. The quantitative estimate of drug-likeness (QED) is 0.765.